The Kier molecular flexibility index (Phi) is 6.11. The molecular weight excluding hydrogens is 320 g/mol. The zero-order valence-corrected chi connectivity index (χ0v) is 13.8. The molecule has 0 saturated heterocycles. The van der Waals surface area contributed by atoms with Crippen LogP contribution in [0.1, 0.15) is 33.2 Å². The van der Waals surface area contributed by atoms with Crippen molar-refractivity contribution in [1.82, 2.24) is 10.6 Å². The van der Waals surface area contributed by atoms with Gasteiger partial charge in [-0.15, -0.1) is 0 Å². The van der Waals surface area contributed by atoms with E-state index in [1.807, 2.05) is 6.92 Å². The molecular formula is C18H20N4O3. The summed E-state index contributed by atoms with van der Waals surface area (Å²) in [6.45, 7) is 2.75. The number of carbonyl (C=O) groups excluding carboxylic acids is 3. The zero-order chi connectivity index (χ0) is 18.2. The molecule has 2 rings (SSSR count). The first-order chi connectivity index (χ1) is 12.0. The molecule has 4 amide bonds. The molecule has 0 aliphatic carbocycles. The van der Waals surface area contributed by atoms with Crippen LogP contribution in [-0.2, 0) is 6.54 Å². The fourth-order valence-corrected chi connectivity index (χ4v) is 2.20. The molecule has 0 unspecified atom stereocenters. The number of nitrogens with one attached hydrogen (secondary N) is 3. The summed E-state index contributed by atoms with van der Waals surface area (Å²) in [5, 5.41) is 7.93. The summed E-state index contributed by atoms with van der Waals surface area (Å²) in [6, 6.07) is 12.8. The molecule has 0 atom stereocenters. The third-order valence-corrected chi connectivity index (χ3v) is 3.40. The number of carbonyl (C=O) groups is 3. The van der Waals surface area contributed by atoms with Crippen LogP contribution in [-0.4, -0.2) is 24.4 Å². The minimum atomic E-state index is -0.690. The molecule has 0 aromatic heterocycles. The van der Waals surface area contributed by atoms with Gasteiger partial charge in [0, 0.05) is 29.9 Å². The molecule has 0 radical (unpaired) electrons. The molecule has 0 saturated carbocycles. The highest BCUT2D eigenvalue weighted by atomic mass is 16.2. The second kappa shape index (κ2) is 8.49. The molecule has 0 heterocycles. The number of urea groups is 1. The summed E-state index contributed by atoms with van der Waals surface area (Å²) >= 11 is 0. The fourth-order valence-electron chi connectivity index (χ4n) is 2.20. The lowest BCUT2D eigenvalue weighted by Gasteiger charge is -2.08. The van der Waals surface area contributed by atoms with E-state index < -0.39 is 6.03 Å². The summed E-state index contributed by atoms with van der Waals surface area (Å²) in [6.07, 6.45) is 0. The molecule has 130 valence electrons. The molecule has 2 aromatic rings. The monoisotopic (exact) mass is 340 g/mol. The Morgan fingerprint density at radius 2 is 1.60 bits per heavy atom. The lowest BCUT2D eigenvalue weighted by atomic mass is 10.1. The predicted octanol–water partition coefficient (Wildman–Crippen LogP) is 1.86. The summed E-state index contributed by atoms with van der Waals surface area (Å²) in [5.41, 5.74) is 7.36. The van der Waals surface area contributed by atoms with Crippen molar-refractivity contribution in [3.8, 4) is 0 Å². The van der Waals surface area contributed by atoms with Crippen LogP contribution in [0.3, 0.4) is 0 Å². The highest BCUT2D eigenvalue weighted by Crippen LogP contribution is 2.11. The van der Waals surface area contributed by atoms with Gasteiger partial charge in [-0.3, -0.25) is 9.59 Å². The van der Waals surface area contributed by atoms with Gasteiger partial charge < -0.3 is 21.7 Å². The Morgan fingerprint density at radius 1 is 0.920 bits per heavy atom. The average molecular weight is 340 g/mol. The number of amides is 4. The van der Waals surface area contributed by atoms with Gasteiger partial charge in [0.05, 0.1) is 0 Å². The standard InChI is InChI=1S/C18H20N4O3/c1-2-20-16(23)13-8-6-12(7-9-13)11-21-17(24)14-4-3-5-15(10-14)22-18(19)25/h3-10H,2,11H2,1H3,(H,20,23)(H,21,24)(H3,19,22,25). The van der Waals surface area contributed by atoms with Gasteiger partial charge in [0.2, 0.25) is 0 Å². The van der Waals surface area contributed by atoms with Crippen LogP contribution in [0.25, 0.3) is 0 Å². The molecule has 0 aliphatic heterocycles. The van der Waals surface area contributed by atoms with Crippen LogP contribution < -0.4 is 21.7 Å². The smallest absolute Gasteiger partial charge is 0.316 e. The first kappa shape index (κ1) is 18.0. The number of nitrogens with two attached hydrogens (primary N) is 1. The van der Waals surface area contributed by atoms with Crippen molar-refractivity contribution in [3.63, 3.8) is 0 Å². The van der Waals surface area contributed by atoms with Crippen molar-refractivity contribution in [2.45, 2.75) is 13.5 Å². The summed E-state index contributed by atoms with van der Waals surface area (Å²) < 4.78 is 0. The third-order valence-electron chi connectivity index (χ3n) is 3.40. The summed E-state index contributed by atoms with van der Waals surface area (Å²) in [5.74, 6) is -0.405. The van der Waals surface area contributed by atoms with Crippen molar-refractivity contribution in [2.24, 2.45) is 5.73 Å². The first-order valence-corrected chi connectivity index (χ1v) is 7.81. The van der Waals surface area contributed by atoms with Gasteiger partial charge in [-0.05, 0) is 42.8 Å². The topological polar surface area (TPSA) is 113 Å². The van der Waals surface area contributed by atoms with Crippen LogP contribution in [0.5, 0.6) is 0 Å². The lowest BCUT2D eigenvalue weighted by Crippen LogP contribution is -2.24. The maximum atomic E-state index is 12.2. The summed E-state index contributed by atoms with van der Waals surface area (Å²) in [7, 11) is 0. The van der Waals surface area contributed by atoms with Gasteiger partial charge in [0.25, 0.3) is 11.8 Å². The minimum absolute atomic E-state index is 0.128. The molecule has 2 aromatic carbocycles. The van der Waals surface area contributed by atoms with Crippen molar-refractivity contribution in [1.29, 1.82) is 0 Å². The molecule has 7 heteroatoms. The number of anilines is 1. The van der Waals surface area contributed by atoms with Crippen molar-refractivity contribution in [2.75, 3.05) is 11.9 Å². The van der Waals surface area contributed by atoms with E-state index in [-0.39, 0.29) is 11.8 Å². The SMILES string of the molecule is CCNC(=O)c1ccc(CNC(=O)c2cccc(NC(N)=O)c2)cc1. The van der Waals surface area contributed by atoms with Gasteiger partial charge in [0.1, 0.15) is 0 Å². The van der Waals surface area contributed by atoms with Crippen LogP contribution in [0.4, 0.5) is 10.5 Å². The number of benzene rings is 2. The highest BCUT2D eigenvalue weighted by Gasteiger charge is 2.08. The molecule has 25 heavy (non-hydrogen) atoms. The summed E-state index contributed by atoms with van der Waals surface area (Å²) in [4.78, 5) is 34.8. The van der Waals surface area contributed by atoms with Crippen molar-refractivity contribution < 1.29 is 14.4 Å². The number of hydrogen-bond acceptors (Lipinski definition) is 3. The van der Waals surface area contributed by atoms with Gasteiger partial charge in [-0.25, -0.2) is 4.79 Å². The van der Waals surface area contributed by atoms with Gasteiger partial charge in [0.15, 0.2) is 0 Å². The Bertz CT molecular complexity index is 772. The minimum Gasteiger partial charge on any atom is -0.352 e. The van der Waals surface area contributed by atoms with E-state index in [2.05, 4.69) is 16.0 Å². The average Bonchev–Trinajstić information content (AvgIpc) is 2.60. The molecule has 5 N–H and O–H groups in total. The van der Waals surface area contributed by atoms with Crippen LogP contribution in [0.2, 0.25) is 0 Å². The first-order valence-electron chi connectivity index (χ1n) is 7.81. The molecule has 0 bridgehead atoms. The van der Waals surface area contributed by atoms with E-state index >= 15 is 0 Å². The number of hydrogen-bond donors (Lipinski definition) is 4. The molecule has 0 fully saturated rings. The van der Waals surface area contributed by atoms with Crippen molar-refractivity contribution in [3.05, 3.63) is 65.2 Å². The second-order valence-electron chi connectivity index (χ2n) is 5.31. The maximum absolute atomic E-state index is 12.2. The Labute approximate surface area is 145 Å². The van der Waals surface area contributed by atoms with E-state index in [1.54, 1.807) is 42.5 Å². The van der Waals surface area contributed by atoms with Gasteiger partial charge in [-0.2, -0.15) is 0 Å². The third kappa shape index (κ3) is 5.35. The molecule has 0 aliphatic rings. The van der Waals surface area contributed by atoms with E-state index in [4.69, 9.17) is 5.73 Å². The number of rotatable bonds is 6. The zero-order valence-electron chi connectivity index (χ0n) is 13.8. The quantitative estimate of drug-likeness (QED) is 0.643. The fraction of sp³-hybridized carbons (Fsp3) is 0.167. The molecule has 7 nitrogen and oxygen atoms in total. The maximum Gasteiger partial charge on any atom is 0.316 e. The number of primary amides is 1. The van der Waals surface area contributed by atoms with Gasteiger partial charge in [-0.1, -0.05) is 18.2 Å². The van der Waals surface area contributed by atoms with E-state index in [9.17, 15) is 14.4 Å². The van der Waals surface area contributed by atoms with E-state index in [0.717, 1.165) is 5.56 Å². The predicted molar refractivity (Wildman–Crippen MR) is 95.3 cm³/mol. The van der Waals surface area contributed by atoms with E-state index in [0.29, 0.717) is 29.9 Å². The van der Waals surface area contributed by atoms with Crippen molar-refractivity contribution >= 4 is 23.5 Å². The normalized spacial score (nSPS) is 9.96. The Morgan fingerprint density at radius 3 is 2.24 bits per heavy atom. The lowest BCUT2D eigenvalue weighted by molar-refractivity contribution is 0.0943. The van der Waals surface area contributed by atoms with Crippen LogP contribution >= 0.6 is 0 Å². The molecule has 0 spiro atoms. The van der Waals surface area contributed by atoms with Crippen LogP contribution in [0, 0.1) is 0 Å². The Hall–Kier alpha value is -3.35. The second-order valence-corrected chi connectivity index (χ2v) is 5.31. The van der Waals surface area contributed by atoms with Gasteiger partial charge >= 0.3 is 6.03 Å². The van der Waals surface area contributed by atoms with E-state index in [1.165, 1.54) is 6.07 Å². The van der Waals surface area contributed by atoms with Crippen LogP contribution in [0.15, 0.2) is 48.5 Å². The largest absolute Gasteiger partial charge is 0.352 e. The highest BCUT2D eigenvalue weighted by molar-refractivity contribution is 5.96. The Balaban J connectivity index is 1.95.